The molecule has 0 aliphatic carbocycles. The van der Waals surface area contributed by atoms with E-state index in [1.54, 1.807) is 55.5 Å². The molecule has 0 aromatic heterocycles. The van der Waals surface area contributed by atoms with Crippen LogP contribution in [-0.4, -0.2) is 46.6 Å². The fraction of sp³-hybridized carbons (Fsp3) is 0.290. The molecule has 1 fully saturated rings. The van der Waals surface area contributed by atoms with Crippen LogP contribution in [-0.2, 0) is 16.0 Å². The van der Waals surface area contributed by atoms with E-state index in [1.165, 1.54) is 23.1 Å². The first-order valence-electron chi connectivity index (χ1n) is 12.9. The zero-order valence-electron chi connectivity index (χ0n) is 22.2. The van der Waals surface area contributed by atoms with E-state index in [9.17, 15) is 24.2 Å². The third kappa shape index (κ3) is 6.22. The Kier molecular flexibility index (Phi) is 8.54. The van der Waals surface area contributed by atoms with Gasteiger partial charge in [-0.2, -0.15) is 0 Å². The number of Topliss-reactive ketones (excluding diaryl/α,β-unsaturated/α-hetero) is 1. The first kappa shape index (κ1) is 27.7. The van der Waals surface area contributed by atoms with Gasteiger partial charge in [-0.05, 0) is 78.9 Å². The summed E-state index contributed by atoms with van der Waals surface area (Å²) in [6.07, 6.45) is 0.363. The highest BCUT2D eigenvalue weighted by Crippen LogP contribution is 2.42. The molecule has 0 saturated carbocycles. The highest BCUT2D eigenvalue weighted by atomic mass is 19.1. The summed E-state index contributed by atoms with van der Waals surface area (Å²) >= 11 is 0. The molecule has 204 valence electrons. The average Bonchev–Trinajstić information content (AvgIpc) is 3.18. The van der Waals surface area contributed by atoms with Crippen LogP contribution in [0, 0.1) is 11.7 Å². The van der Waals surface area contributed by atoms with Crippen molar-refractivity contribution in [1.29, 1.82) is 0 Å². The van der Waals surface area contributed by atoms with Gasteiger partial charge in [0.05, 0.1) is 24.8 Å². The molecular weight excluding hydrogens is 501 g/mol. The number of carbonyl (C=O) groups excluding carboxylic acids is 2. The van der Waals surface area contributed by atoms with Gasteiger partial charge in [-0.15, -0.1) is 0 Å². The monoisotopic (exact) mass is 533 g/mol. The number of phenolic OH excluding ortho intramolecular Hbond substituents is 1. The summed E-state index contributed by atoms with van der Waals surface area (Å²) in [7, 11) is 0. The zero-order valence-corrected chi connectivity index (χ0v) is 22.2. The minimum Gasteiger partial charge on any atom is -0.507 e. The molecule has 7 nitrogen and oxygen atoms in total. The van der Waals surface area contributed by atoms with Crippen LogP contribution in [0.25, 0.3) is 5.76 Å². The van der Waals surface area contributed by atoms with Crippen molar-refractivity contribution in [2.24, 2.45) is 5.92 Å². The van der Waals surface area contributed by atoms with E-state index in [0.717, 1.165) is 5.56 Å². The van der Waals surface area contributed by atoms with E-state index >= 15 is 0 Å². The highest BCUT2D eigenvalue weighted by Gasteiger charge is 2.46. The summed E-state index contributed by atoms with van der Waals surface area (Å²) in [6, 6.07) is 16.3. The molecule has 1 heterocycles. The first-order valence-corrected chi connectivity index (χ1v) is 12.9. The topological polar surface area (TPSA) is 96.3 Å². The Labute approximate surface area is 227 Å². The SMILES string of the molecule is CCOc1cc(C2/C(=C(/O)c3ccc(OCC(C)C)cc3)C(=O)C(=O)N2CCc2ccc(F)cc2)ccc1O. The van der Waals surface area contributed by atoms with Gasteiger partial charge in [-0.3, -0.25) is 9.59 Å². The van der Waals surface area contributed by atoms with Gasteiger partial charge in [0.2, 0.25) is 0 Å². The molecule has 0 spiro atoms. The summed E-state index contributed by atoms with van der Waals surface area (Å²) in [6.45, 7) is 6.83. The predicted octanol–water partition coefficient (Wildman–Crippen LogP) is 5.63. The van der Waals surface area contributed by atoms with Crippen molar-refractivity contribution in [3.05, 3.63) is 94.8 Å². The molecule has 4 rings (SSSR count). The Bertz CT molecular complexity index is 1360. The van der Waals surface area contributed by atoms with Gasteiger partial charge >= 0.3 is 0 Å². The molecule has 1 atom stereocenters. The molecule has 8 heteroatoms. The van der Waals surface area contributed by atoms with Crippen LogP contribution in [0.1, 0.15) is 43.5 Å². The normalized spacial score (nSPS) is 16.6. The van der Waals surface area contributed by atoms with Crippen molar-refractivity contribution in [3.63, 3.8) is 0 Å². The van der Waals surface area contributed by atoms with Gasteiger partial charge in [0.1, 0.15) is 17.3 Å². The number of halogens is 1. The number of nitrogens with zero attached hydrogens (tertiary/aromatic N) is 1. The number of ether oxygens (including phenoxy) is 2. The number of hydrogen-bond acceptors (Lipinski definition) is 6. The second-order valence-electron chi connectivity index (χ2n) is 9.76. The van der Waals surface area contributed by atoms with Gasteiger partial charge in [-0.25, -0.2) is 4.39 Å². The van der Waals surface area contributed by atoms with E-state index in [-0.39, 0.29) is 35.2 Å². The van der Waals surface area contributed by atoms with Crippen molar-refractivity contribution in [1.82, 2.24) is 4.90 Å². The number of likely N-dealkylation sites (tertiary alicyclic amines) is 1. The largest absolute Gasteiger partial charge is 0.507 e. The summed E-state index contributed by atoms with van der Waals surface area (Å²) in [5.74, 6) is -1.18. The first-order chi connectivity index (χ1) is 18.7. The minimum atomic E-state index is -0.929. The fourth-order valence-electron chi connectivity index (χ4n) is 4.46. The lowest BCUT2D eigenvalue weighted by Crippen LogP contribution is -2.31. The number of aromatic hydroxyl groups is 1. The molecule has 1 aliphatic rings. The van der Waals surface area contributed by atoms with Crippen molar-refractivity contribution in [3.8, 4) is 17.2 Å². The van der Waals surface area contributed by atoms with Crippen LogP contribution in [0.15, 0.2) is 72.3 Å². The van der Waals surface area contributed by atoms with Crippen LogP contribution in [0.4, 0.5) is 4.39 Å². The smallest absolute Gasteiger partial charge is 0.295 e. The number of aliphatic hydroxyl groups is 1. The molecule has 0 bridgehead atoms. The van der Waals surface area contributed by atoms with E-state index in [0.29, 0.717) is 42.4 Å². The molecule has 39 heavy (non-hydrogen) atoms. The molecular formula is C31H32FNO6. The standard InChI is InChI=1S/C31H32FNO6/c1-4-38-26-17-22(9-14-25(26)34)28-27(29(35)21-7-12-24(13-8-21)39-18-19(2)3)30(36)31(37)33(28)16-15-20-5-10-23(32)11-6-20/h5-14,17,19,28,34-35H,4,15-16,18H2,1-3H3/b29-27-. The fourth-order valence-corrected chi connectivity index (χ4v) is 4.46. The van der Waals surface area contributed by atoms with Crippen LogP contribution >= 0.6 is 0 Å². The van der Waals surface area contributed by atoms with E-state index in [4.69, 9.17) is 9.47 Å². The lowest BCUT2D eigenvalue weighted by molar-refractivity contribution is -0.139. The lowest BCUT2D eigenvalue weighted by atomic mass is 9.94. The Morgan fingerprint density at radius 1 is 1.00 bits per heavy atom. The molecule has 1 saturated heterocycles. The van der Waals surface area contributed by atoms with Crippen LogP contribution in [0.5, 0.6) is 17.2 Å². The third-order valence-corrected chi connectivity index (χ3v) is 6.41. The van der Waals surface area contributed by atoms with Gasteiger partial charge in [-0.1, -0.05) is 32.0 Å². The maximum absolute atomic E-state index is 13.4. The van der Waals surface area contributed by atoms with Gasteiger partial charge in [0, 0.05) is 12.1 Å². The molecule has 3 aromatic carbocycles. The van der Waals surface area contributed by atoms with E-state index in [1.807, 2.05) is 13.8 Å². The van der Waals surface area contributed by atoms with Gasteiger partial charge in [0.25, 0.3) is 11.7 Å². The molecule has 3 aromatic rings. The van der Waals surface area contributed by atoms with Crippen LogP contribution in [0.2, 0.25) is 0 Å². The molecule has 1 unspecified atom stereocenters. The van der Waals surface area contributed by atoms with Crippen LogP contribution < -0.4 is 9.47 Å². The number of benzene rings is 3. The number of amides is 1. The average molecular weight is 534 g/mol. The number of phenols is 1. The number of ketones is 1. The third-order valence-electron chi connectivity index (χ3n) is 6.41. The second kappa shape index (κ2) is 12.0. The summed E-state index contributed by atoms with van der Waals surface area (Å²) in [4.78, 5) is 28.0. The number of hydrogen-bond donors (Lipinski definition) is 2. The number of rotatable bonds is 10. The summed E-state index contributed by atoms with van der Waals surface area (Å²) < 4.78 is 24.6. The maximum atomic E-state index is 13.4. The zero-order chi connectivity index (χ0) is 28.1. The summed E-state index contributed by atoms with van der Waals surface area (Å²) in [5, 5.41) is 21.6. The lowest BCUT2D eigenvalue weighted by Gasteiger charge is -2.26. The molecule has 1 amide bonds. The minimum absolute atomic E-state index is 0.0666. The van der Waals surface area contributed by atoms with Crippen molar-refractivity contribution < 1.29 is 33.7 Å². The Hall–Kier alpha value is -4.33. The van der Waals surface area contributed by atoms with E-state index < -0.39 is 17.7 Å². The quantitative estimate of drug-likeness (QED) is 0.199. The maximum Gasteiger partial charge on any atom is 0.295 e. The Morgan fingerprint density at radius 2 is 1.69 bits per heavy atom. The van der Waals surface area contributed by atoms with Crippen molar-refractivity contribution >= 4 is 17.4 Å². The molecule has 0 radical (unpaired) electrons. The Balaban J connectivity index is 1.74. The highest BCUT2D eigenvalue weighted by molar-refractivity contribution is 6.46. The number of aliphatic hydroxyl groups excluding tert-OH is 1. The van der Waals surface area contributed by atoms with Gasteiger partial charge < -0.3 is 24.6 Å². The number of carbonyl (C=O) groups is 2. The second-order valence-corrected chi connectivity index (χ2v) is 9.76. The van der Waals surface area contributed by atoms with Crippen molar-refractivity contribution in [2.75, 3.05) is 19.8 Å². The molecule has 2 N–H and O–H groups in total. The summed E-state index contributed by atoms with van der Waals surface area (Å²) in [5.41, 5.74) is 1.57. The van der Waals surface area contributed by atoms with Gasteiger partial charge in [0.15, 0.2) is 11.5 Å². The van der Waals surface area contributed by atoms with Crippen LogP contribution in [0.3, 0.4) is 0 Å². The van der Waals surface area contributed by atoms with Crippen molar-refractivity contribution in [2.45, 2.75) is 33.2 Å². The predicted molar refractivity (Wildman–Crippen MR) is 145 cm³/mol. The Morgan fingerprint density at radius 3 is 2.33 bits per heavy atom. The van der Waals surface area contributed by atoms with E-state index in [2.05, 4.69) is 0 Å². The molecule has 1 aliphatic heterocycles.